The molecule has 0 unspecified atom stereocenters. The van der Waals surface area contributed by atoms with E-state index in [2.05, 4.69) is 46.2 Å². The summed E-state index contributed by atoms with van der Waals surface area (Å²) in [7, 11) is 0. The molecule has 0 saturated carbocycles. The van der Waals surface area contributed by atoms with E-state index in [0.717, 1.165) is 25.9 Å². The number of nitrogens with one attached hydrogen (secondary N) is 1. The number of anilines is 2. The Morgan fingerprint density at radius 2 is 2.00 bits per heavy atom. The van der Waals surface area contributed by atoms with Crippen molar-refractivity contribution in [1.29, 1.82) is 0 Å². The number of benzene rings is 1. The molecule has 2 heterocycles. The lowest BCUT2D eigenvalue weighted by Gasteiger charge is -2.35. The first-order valence-electron chi connectivity index (χ1n) is 8.16. The highest BCUT2D eigenvalue weighted by atomic mass is 32.2. The van der Waals surface area contributed by atoms with Crippen molar-refractivity contribution in [3.8, 4) is 0 Å². The maximum atomic E-state index is 9.29. The van der Waals surface area contributed by atoms with Crippen molar-refractivity contribution < 1.29 is 5.11 Å². The van der Waals surface area contributed by atoms with Gasteiger partial charge in [0.05, 0.1) is 11.4 Å². The summed E-state index contributed by atoms with van der Waals surface area (Å²) < 4.78 is 0. The van der Waals surface area contributed by atoms with Crippen LogP contribution in [0.2, 0.25) is 0 Å². The molecule has 1 aromatic carbocycles. The Morgan fingerprint density at radius 3 is 2.71 bits per heavy atom. The number of hydrogen-bond acceptors (Lipinski definition) is 4. The van der Waals surface area contributed by atoms with Gasteiger partial charge in [0.25, 0.3) is 0 Å². The predicted octanol–water partition coefficient (Wildman–Crippen LogP) is 3.20. The van der Waals surface area contributed by atoms with Crippen molar-refractivity contribution in [2.75, 3.05) is 41.4 Å². The van der Waals surface area contributed by atoms with Gasteiger partial charge in [-0.25, -0.2) is 0 Å². The van der Waals surface area contributed by atoms with Crippen LogP contribution in [-0.2, 0) is 0 Å². The minimum absolute atomic E-state index is 0.340. The van der Waals surface area contributed by atoms with Gasteiger partial charge in [0.2, 0.25) is 0 Å². The van der Waals surface area contributed by atoms with E-state index in [1.807, 2.05) is 0 Å². The Hall–Kier alpha value is -0.870. The molecule has 0 bridgehead atoms. The Morgan fingerprint density at radius 1 is 1.19 bits per heavy atom. The zero-order chi connectivity index (χ0) is 14.5. The van der Waals surface area contributed by atoms with Crippen LogP contribution in [-0.4, -0.2) is 42.4 Å². The number of nitrogens with zero attached hydrogens (tertiary/aromatic N) is 1. The largest absolute Gasteiger partial charge is 0.396 e. The number of hydrogen-bond donors (Lipinski definition) is 2. The van der Waals surface area contributed by atoms with Crippen molar-refractivity contribution in [2.24, 2.45) is 5.92 Å². The summed E-state index contributed by atoms with van der Waals surface area (Å²) in [6.45, 7) is 2.46. The van der Waals surface area contributed by atoms with E-state index in [1.54, 1.807) is 0 Å². The molecule has 3 nitrogen and oxygen atoms in total. The molecule has 2 saturated heterocycles. The summed E-state index contributed by atoms with van der Waals surface area (Å²) in [6, 6.07) is 9.32. The van der Waals surface area contributed by atoms with Crippen LogP contribution in [0.5, 0.6) is 0 Å². The zero-order valence-corrected chi connectivity index (χ0v) is 13.4. The third-order valence-electron chi connectivity index (χ3n) is 4.64. The SMILES string of the molecule is OCC1CCN(c2ccccc2N[C@@H]2CCCSC2)CC1. The minimum Gasteiger partial charge on any atom is -0.396 e. The number of aliphatic hydroxyl groups is 1. The summed E-state index contributed by atoms with van der Waals surface area (Å²) in [4.78, 5) is 2.48. The van der Waals surface area contributed by atoms with Crippen molar-refractivity contribution in [1.82, 2.24) is 0 Å². The topological polar surface area (TPSA) is 35.5 Å². The van der Waals surface area contributed by atoms with Crippen LogP contribution in [0.3, 0.4) is 0 Å². The standard InChI is InChI=1S/C17H26N2OS/c20-12-14-7-9-19(10-8-14)17-6-2-1-5-16(17)18-15-4-3-11-21-13-15/h1-2,5-6,14-15,18,20H,3-4,7-13H2/t15-/m1/s1. The summed E-state index contributed by atoms with van der Waals surface area (Å²) in [5, 5.41) is 13.0. The van der Waals surface area contributed by atoms with E-state index in [1.165, 1.54) is 35.7 Å². The van der Waals surface area contributed by atoms with Crippen LogP contribution in [0, 0.1) is 5.92 Å². The summed E-state index contributed by atoms with van der Waals surface area (Å²) in [6.07, 6.45) is 4.81. The first-order valence-corrected chi connectivity index (χ1v) is 9.31. The van der Waals surface area contributed by atoms with E-state index in [0.29, 0.717) is 18.6 Å². The van der Waals surface area contributed by atoms with Crippen LogP contribution in [0.4, 0.5) is 11.4 Å². The van der Waals surface area contributed by atoms with Gasteiger partial charge >= 0.3 is 0 Å². The van der Waals surface area contributed by atoms with Gasteiger partial charge in [0.15, 0.2) is 0 Å². The van der Waals surface area contributed by atoms with Crippen LogP contribution < -0.4 is 10.2 Å². The zero-order valence-electron chi connectivity index (χ0n) is 12.6. The summed E-state index contributed by atoms with van der Waals surface area (Å²) in [5.74, 6) is 3.03. The van der Waals surface area contributed by atoms with Gasteiger partial charge < -0.3 is 15.3 Å². The molecule has 0 aromatic heterocycles. The maximum absolute atomic E-state index is 9.29. The summed E-state index contributed by atoms with van der Waals surface area (Å²) >= 11 is 2.06. The van der Waals surface area contributed by atoms with Gasteiger partial charge in [0.1, 0.15) is 0 Å². The number of thioether (sulfide) groups is 1. The highest BCUT2D eigenvalue weighted by Gasteiger charge is 2.21. The van der Waals surface area contributed by atoms with Gasteiger partial charge in [-0.2, -0.15) is 11.8 Å². The van der Waals surface area contributed by atoms with E-state index in [4.69, 9.17) is 0 Å². The molecule has 0 amide bonds. The van der Waals surface area contributed by atoms with Crippen molar-refractivity contribution >= 4 is 23.1 Å². The highest BCUT2D eigenvalue weighted by Crippen LogP contribution is 2.31. The Labute approximate surface area is 132 Å². The molecule has 21 heavy (non-hydrogen) atoms. The van der Waals surface area contributed by atoms with E-state index in [9.17, 15) is 5.11 Å². The molecule has 2 aliphatic heterocycles. The van der Waals surface area contributed by atoms with Crippen LogP contribution in [0.15, 0.2) is 24.3 Å². The van der Waals surface area contributed by atoms with E-state index < -0.39 is 0 Å². The minimum atomic E-state index is 0.340. The number of piperidine rings is 1. The van der Waals surface area contributed by atoms with Crippen LogP contribution in [0.1, 0.15) is 25.7 Å². The van der Waals surface area contributed by atoms with Crippen molar-refractivity contribution in [2.45, 2.75) is 31.7 Å². The molecule has 0 spiro atoms. The van der Waals surface area contributed by atoms with Gasteiger partial charge in [-0.3, -0.25) is 0 Å². The number of para-hydroxylation sites is 2. The third-order valence-corrected chi connectivity index (χ3v) is 5.85. The van der Waals surface area contributed by atoms with Gasteiger partial charge in [0, 0.05) is 31.5 Å². The second-order valence-electron chi connectivity index (χ2n) is 6.19. The van der Waals surface area contributed by atoms with E-state index >= 15 is 0 Å². The molecule has 0 radical (unpaired) electrons. The lowest BCUT2D eigenvalue weighted by atomic mass is 9.97. The molecule has 4 heteroatoms. The smallest absolute Gasteiger partial charge is 0.0602 e. The normalized spacial score (nSPS) is 24.0. The molecular weight excluding hydrogens is 280 g/mol. The lowest BCUT2D eigenvalue weighted by molar-refractivity contribution is 0.203. The first-order chi connectivity index (χ1) is 10.4. The molecule has 2 aliphatic rings. The Balaban J connectivity index is 1.67. The molecule has 116 valence electrons. The van der Waals surface area contributed by atoms with Crippen LogP contribution in [0.25, 0.3) is 0 Å². The Bertz CT molecular complexity index is 440. The molecule has 2 fully saturated rings. The second kappa shape index (κ2) is 7.41. The number of rotatable bonds is 4. The van der Waals surface area contributed by atoms with Gasteiger partial charge in [-0.15, -0.1) is 0 Å². The van der Waals surface area contributed by atoms with E-state index in [-0.39, 0.29) is 0 Å². The molecule has 3 rings (SSSR count). The highest BCUT2D eigenvalue weighted by molar-refractivity contribution is 7.99. The average Bonchev–Trinajstić information content (AvgIpc) is 2.56. The molecular formula is C17H26N2OS. The fourth-order valence-corrected chi connectivity index (χ4v) is 4.37. The average molecular weight is 306 g/mol. The molecule has 2 N–H and O–H groups in total. The Kier molecular flexibility index (Phi) is 5.31. The van der Waals surface area contributed by atoms with Crippen molar-refractivity contribution in [3.05, 3.63) is 24.3 Å². The quantitative estimate of drug-likeness (QED) is 0.895. The monoisotopic (exact) mass is 306 g/mol. The lowest BCUT2D eigenvalue weighted by Crippen LogP contribution is -2.35. The maximum Gasteiger partial charge on any atom is 0.0602 e. The van der Waals surface area contributed by atoms with Gasteiger partial charge in [-0.1, -0.05) is 12.1 Å². The molecule has 0 aliphatic carbocycles. The number of aliphatic hydroxyl groups excluding tert-OH is 1. The fourth-order valence-electron chi connectivity index (χ4n) is 3.30. The van der Waals surface area contributed by atoms with Crippen molar-refractivity contribution in [3.63, 3.8) is 0 Å². The van der Waals surface area contributed by atoms with Gasteiger partial charge in [-0.05, 0) is 49.5 Å². The first kappa shape index (κ1) is 15.0. The molecule has 1 aromatic rings. The predicted molar refractivity (Wildman–Crippen MR) is 92.4 cm³/mol. The third kappa shape index (κ3) is 3.86. The molecule has 1 atom stereocenters. The second-order valence-corrected chi connectivity index (χ2v) is 7.34. The van der Waals surface area contributed by atoms with Crippen LogP contribution >= 0.6 is 11.8 Å². The summed E-state index contributed by atoms with van der Waals surface area (Å²) in [5.41, 5.74) is 2.62. The fraction of sp³-hybridized carbons (Fsp3) is 0.647.